The minimum Gasteiger partial charge on any atom is -0.453 e. The zero-order chi connectivity index (χ0) is 12.6. The lowest BCUT2D eigenvalue weighted by molar-refractivity contribution is -0.0169. The molecule has 82 valence electrons. The van der Waals surface area contributed by atoms with E-state index in [0.717, 1.165) is 19.3 Å². The van der Waals surface area contributed by atoms with E-state index in [9.17, 15) is 4.79 Å². The summed E-state index contributed by atoms with van der Waals surface area (Å²) < 4.78 is 18.6. The number of piperidine rings is 1. The smallest absolute Gasteiger partial charge is 0.410 e. The molecule has 0 N–H and O–H groups in total. The van der Waals surface area contributed by atoms with Crippen molar-refractivity contribution in [2.45, 2.75) is 58.0 Å². The van der Waals surface area contributed by atoms with Crippen molar-refractivity contribution in [3.8, 4) is 0 Å². The van der Waals surface area contributed by atoms with Crippen LogP contribution in [0.1, 0.15) is 49.7 Å². The summed E-state index contributed by atoms with van der Waals surface area (Å²) in [5.74, 6) is 0. The summed E-state index contributed by atoms with van der Waals surface area (Å²) in [6.45, 7) is 7.99. The zero-order valence-electron chi connectivity index (χ0n) is 11.5. The van der Waals surface area contributed by atoms with Crippen LogP contribution >= 0.6 is 0 Å². The number of methoxy groups -OCH3 is 1. The average molecular weight is 201 g/mol. The van der Waals surface area contributed by atoms with Crippen molar-refractivity contribution in [3.05, 3.63) is 0 Å². The van der Waals surface area contributed by atoms with Crippen molar-refractivity contribution in [2.75, 3.05) is 7.06 Å². The van der Waals surface area contributed by atoms with Crippen LogP contribution in [0, 0.1) is 0 Å². The topological polar surface area (TPSA) is 29.5 Å². The van der Waals surface area contributed by atoms with E-state index in [1.54, 1.807) is 4.90 Å². The normalized spacial score (nSPS) is 26.8. The van der Waals surface area contributed by atoms with E-state index in [-0.39, 0.29) is 11.1 Å². The standard InChI is InChI=1S/C11H21NO2/c1-10(2)7-6-8-11(3,4)12(10)9(13)14-5/h6-8H2,1-5H3/i5D2. The van der Waals surface area contributed by atoms with Crippen molar-refractivity contribution in [3.63, 3.8) is 0 Å². The first kappa shape index (κ1) is 8.57. The number of likely N-dealkylation sites (tertiary alicyclic amines) is 1. The molecule has 0 saturated carbocycles. The van der Waals surface area contributed by atoms with E-state index >= 15 is 0 Å². The van der Waals surface area contributed by atoms with Crippen molar-refractivity contribution in [1.29, 1.82) is 0 Å². The number of carbonyl (C=O) groups excluding carboxylic acids is 1. The van der Waals surface area contributed by atoms with E-state index < -0.39 is 13.2 Å². The van der Waals surface area contributed by atoms with Gasteiger partial charge in [-0.2, -0.15) is 0 Å². The van der Waals surface area contributed by atoms with Gasteiger partial charge in [0.15, 0.2) is 0 Å². The molecule has 3 nitrogen and oxygen atoms in total. The molecule has 0 radical (unpaired) electrons. The van der Waals surface area contributed by atoms with Gasteiger partial charge in [0.05, 0.1) is 9.80 Å². The molecule has 0 aromatic rings. The Labute approximate surface area is 89.2 Å². The lowest BCUT2D eigenvalue weighted by Crippen LogP contribution is -2.60. The lowest BCUT2D eigenvalue weighted by atomic mass is 9.80. The molecule has 0 aromatic heterocycles. The van der Waals surface area contributed by atoms with Crippen LogP contribution < -0.4 is 0 Å². The summed E-state index contributed by atoms with van der Waals surface area (Å²) in [6, 6.07) is 0. The third-order valence-electron chi connectivity index (χ3n) is 3.07. The number of nitrogens with zero attached hydrogens (tertiary/aromatic N) is 1. The number of rotatable bonds is 0. The van der Waals surface area contributed by atoms with Crippen LogP contribution in [0.25, 0.3) is 0 Å². The van der Waals surface area contributed by atoms with Gasteiger partial charge in [-0.3, -0.25) is 4.90 Å². The number of ether oxygens (including phenoxy) is 1. The van der Waals surface area contributed by atoms with Gasteiger partial charge in [0.1, 0.15) is 0 Å². The number of carbonyl (C=O) groups is 1. The highest BCUT2D eigenvalue weighted by Gasteiger charge is 2.44. The molecule has 0 aliphatic carbocycles. The Hall–Kier alpha value is -0.730. The molecule has 0 unspecified atom stereocenters. The molecule has 1 heterocycles. The lowest BCUT2D eigenvalue weighted by Gasteiger charge is -2.51. The molecule has 0 spiro atoms. The van der Waals surface area contributed by atoms with Crippen LogP contribution in [0.5, 0.6) is 0 Å². The summed E-state index contributed by atoms with van der Waals surface area (Å²) in [6.07, 6.45) is 2.37. The van der Waals surface area contributed by atoms with Gasteiger partial charge in [0, 0.05) is 11.1 Å². The molecule has 0 bridgehead atoms. The van der Waals surface area contributed by atoms with Crippen molar-refractivity contribution in [2.24, 2.45) is 0 Å². The minimum absolute atomic E-state index is 0.270. The van der Waals surface area contributed by atoms with Crippen molar-refractivity contribution in [1.82, 2.24) is 4.90 Å². The maximum absolute atomic E-state index is 11.9. The molecule has 1 saturated heterocycles. The number of hydrogen-bond acceptors (Lipinski definition) is 2. The predicted molar refractivity (Wildman–Crippen MR) is 56.3 cm³/mol. The largest absolute Gasteiger partial charge is 0.453 e. The van der Waals surface area contributed by atoms with Crippen LogP contribution in [0.15, 0.2) is 0 Å². The molecule has 0 atom stereocenters. The Morgan fingerprint density at radius 2 is 1.79 bits per heavy atom. The Kier molecular flexibility index (Phi) is 2.11. The highest BCUT2D eigenvalue weighted by molar-refractivity contribution is 5.69. The molecular weight excluding hydrogens is 178 g/mol. The maximum atomic E-state index is 11.9. The first-order chi connectivity index (χ1) is 7.17. The Bertz CT molecular complexity index is 261. The van der Waals surface area contributed by atoms with Crippen molar-refractivity contribution < 1.29 is 12.3 Å². The second-order valence-corrected chi connectivity index (χ2v) is 5.20. The van der Waals surface area contributed by atoms with Gasteiger partial charge in [-0.1, -0.05) is 0 Å². The first-order valence-corrected chi connectivity index (χ1v) is 5.02. The van der Waals surface area contributed by atoms with Gasteiger partial charge in [-0.15, -0.1) is 0 Å². The highest BCUT2D eigenvalue weighted by atomic mass is 16.5. The van der Waals surface area contributed by atoms with E-state index in [1.165, 1.54) is 0 Å². The minimum atomic E-state index is -1.55. The fourth-order valence-corrected chi connectivity index (χ4v) is 2.54. The van der Waals surface area contributed by atoms with Crippen molar-refractivity contribution >= 4 is 6.09 Å². The van der Waals surface area contributed by atoms with Crippen LogP contribution in [0.3, 0.4) is 0 Å². The Morgan fingerprint density at radius 3 is 2.21 bits per heavy atom. The predicted octanol–water partition coefficient (Wildman–Crippen LogP) is 2.80. The maximum Gasteiger partial charge on any atom is 0.410 e. The van der Waals surface area contributed by atoms with E-state index in [2.05, 4.69) is 4.74 Å². The molecule has 0 aromatic carbocycles. The second-order valence-electron chi connectivity index (χ2n) is 5.20. The second kappa shape index (κ2) is 3.44. The van der Waals surface area contributed by atoms with Gasteiger partial charge in [-0.25, -0.2) is 4.79 Å². The van der Waals surface area contributed by atoms with E-state index in [0.29, 0.717) is 0 Å². The molecule has 3 heteroatoms. The summed E-state index contributed by atoms with van der Waals surface area (Å²) >= 11 is 0. The quantitative estimate of drug-likeness (QED) is 0.603. The third-order valence-corrected chi connectivity index (χ3v) is 3.07. The van der Waals surface area contributed by atoms with Crippen LogP contribution in [0.4, 0.5) is 4.79 Å². The van der Waals surface area contributed by atoms with Crippen LogP contribution in [-0.4, -0.2) is 29.1 Å². The van der Waals surface area contributed by atoms with Crippen LogP contribution in [-0.2, 0) is 4.74 Å². The Balaban J connectivity index is 2.90. The van der Waals surface area contributed by atoms with Gasteiger partial charge in [-0.05, 0) is 47.0 Å². The van der Waals surface area contributed by atoms with Crippen LogP contribution in [0.2, 0.25) is 0 Å². The Morgan fingerprint density at radius 1 is 1.29 bits per heavy atom. The highest BCUT2D eigenvalue weighted by Crippen LogP contribution is 2.38. The monoisotopic (exact) mass is 201 g/mol. The fourth-order valence-electron chi connectivity index (χ4n) is 2.54. The van der Waals surface area contributed by atoms with Gasteiger partial charge in [0.25, 0.3) is 0 Å². The number of hydrogen-bond donors (Lipinski definition) is 0. The molecule has 1 amide bonds. The van der Waals surface area contributed by atoms with Gasteiger partial charge >= 0.3 is 6.09 Å². The van der Waals surface area contributed by atoms with E-state index in [1.807, 2.05) is 27.7 Å². The summed E-state index contributed by atoms with van der Waals surface area (Å²) in [7, 11) is -1.55. The number of amides is 1. The summed E-state index contributed by atoms with van der Waals surface area (Å²) in [5.41, 5.74) is -0.540. The third kappa shape index (κ3) is 1.86. The van der Waals surface area contributed by atoms with E-state index in [4.69, 9.17) is 2.74 Å². The van der Waals surface area contributed by atoms with Gasteiger partial charge in [0.2, 0.25) is 0 Å². The summed E-state index contributed by atoms with van der Waals surface area (Å²) in [4.78, 5) is 13.6. The zero-order valence-corrected chi connectivity index (χ0v) is 9.46. The molecule has 1 rings (SSSR count). The average Bonchev–Trinajstić information content (AvgIpc) is 1.97. The molecule has 1 aliphatic rings. The summed E-state index contributed by atoms with van der Waals surface area (Å²) in [5, 5.41) is 0. The molecule has 1 fully saturated rings. The first-order valence-electron chi connectivity index (χ1n) is 6.18. The molecule has 14 heavy (non-hydrogen) atoms. The molecule has 1 aliphatic heterocycles. The fraction of sp³-hybridized carbons (Fsp3) is 0.909. The molecular formula is C11H21NO2. The SMILES string of the molecule is [2H]C([2H])OC(=O)N1C(C)(C)CCCC1(C)C. The van der Waals surface area contributed by atoms with Gasteiger partial charge < -0.3 is 4.74 Å².